The number of amides is 3. The van der Waals surface area contributed by atoms with Gasteiger partial charge in [0.05, 0.1) is 17.9 Å². The lowest BCUT2D eigenvalue weighted by Crippen LogP contribution is -2.58. The Balaban J connectivity index is 1.34. The smallest absolute Gasteiger partial charge is 0.321 e. The number of pyridine rings is 1. The fourth-order valence-corrected chi connectivity index (χ4v) is 3.87. The van der Waals surface area contributed by atoms with Gasteiger partial charge in [0.25, 0.3) is 0 Å². The number of hydrogen-bond acceptors (Lipinski definition) is 5. The summed E-state index contributed by atoms with van der Waals surface area (Å²) in [6.07, 6.45) is 8.74. The number of nitrogens with one attached hydrogen (secondary N) is 1. The SMILES string of the molecule is Cn1cc(N2CCC[C@H](N3CCN(C(=O)Nc4ccncc4)CC3)C2=O)cn1. The number of aryl methyl sites for hydroxylation is 1. The molecule has 2 aromatic heterocycles. The van der Waals surface area contributed by atoms with E-state index >= 15 is 0 Å². The first-order chi connectivity index (χ1) is 13.6. The van der Waals surface area contributed by atoms with Crippen LogP contribution >= 0.6 is 0 Å². The highest BCUT2D eigenvalue weighted by Gasteiger charge is 2.36. The van der Waals surface area contributed by atoms with Crippen molar-refractivity contribution >= 4 is 23.3 Å². The number of urea groups is 1. The highest BCUT2D eigenvalue weighted by Crippen LogP contribution is 2.24. The van der Waals surface area contributed by atoms with Gasteiger partial charge in [-0.05, 0) is 25.0 Å². The van der Waals surface area contributed by atoms with Gasteiger partial charge in [0.1, 0.15) is 0 Å². The second-order valence-electron chi connectivity index (χ2n) is 7.21. The highest BCUT2D eigenvalue weighted by atomic mass is 16.2. The Hall–Kier alpha value is -2.94. The minimum absolute atomic E-state index is 0.113. The van der Waals surface area contributed by atoms with E-state index in [2.05, 4.69) is 20.3 Å². The van der Waals surface area contributed by atoms with Crippen LogP contribution in [0.4, 0.5) is 16.2 Å². The van der Waals surface area contributed by atoms with Gasteiger partial charge in [0, 0.05) is 64.0 Å². The summed E-state index contributed by atoms with van der Waals surface area (Å²) in [5.74, 6) is 0.133. The summed E-state index contributed by atoms with van der Waals surface area (Å²) in [4.78, 5) is 35.3. The first-order valence-electron chi connectivity index (χ1n) is 9.62. The third kappa shape index (κ3) is 3.84. The largest absolute Gasteiger partial charge is 0.322 e. The van der Waals surface area contributed by atoms with Crippen molar-refractivity contribution < 1.29 is 9.59 Å². The maximum Gasteiger partial charge on any atom is 0.321 e. The maximum atomic E-state index is 13.0. The predicted molar refractivity (Wildman–Crippen MR) is 105 cm³/mol. The molecule has 0 saturated carbocycles. The van der Waals surface area contributed by atoms with Crippen LogP contribution in [0.3, 0.4) is 0 Å². The molecule has 28 heavy (non-hydrogen) atoms. The first kappa shape index (κ1) is 18.4. The Morgan fingerprint density at radius 3 is 2.57 bits per heavy atom. The number of nitrogens with zero attached hydrogens (tertiary/aromatic N) is 6. The molecule has 0 aromatic carbocycles. The third-order valence-corrected chi connectivity index (χ3v) is 5.39. The van der Waals surface area contributed by atoms with Crippen LogP contribution < -0.4 is 10.2 Å². The lowest BCUT2D eigenvalue weighted by Gasteiger charge is -2.42. The molecule has 2 fully saturated rings. The minimum atomic E-state index is -0.126. The highest BCUT2D eigenvalue weighted by molar-refractivity contribution is 5.97. The van der Waals surface area contributed by atoms with E-state index < -0.39 is 0 Å². The van der Waals surface area contributed by atoms with E-state index in [-0.39, 0.29) is 18.0 Å². The fraction of sp³-hybridized carbons (Fsp3) is 0.474. The number of piperazine rings is 1. The summed E-state index contributed by atoms with van der Waals surface area (Å²) in [5.41, 5.74) is 1.59. The summed E-state index contributed by atoms with van der Waals surface area (Å²) in [6, 6.07) is 3.29. The summed E-state index contributed by atoms with van der Waals surface area (Å²) in [5, 5.41) is 7.07. The van der Waals surface area contributed by atoms with Gasteiger partial charge >= 0.3 is 6.03 Å². The summed E-state index contributed by atoms with van der Waals surface area (Å²) < 4.78 is 1.71. The topological polar surface area (TPSA) is 86.6 Å². The van der Waals surface area contributed by atoms with Crippen LogP contribution in [0.1, 0.15) is 12.8 Å². The molecule has 1 N–H and O–H groups in total. The molecule has 0 spiro atoms. The summed E-state index contributed by atoms with van der Waals surface area (Å²) in [7, 11) is 1.85. The number of aromatic nitrogens is 3. The molecule has 9 heteroatoms. The zero-order valence-corrected chi connectivity index (χ0v) is 16.0. The lowest BCUT2D eigenvalue weighted by molar-refractivity contribution is -0.126. The van der Waals surface area contributed by atoms with Crippen LogP contribution in [-0.4, -0.2) is 75.3 Å². The van der Waals surface area contributed by atoms with E-state index in [9.17, 15) is 9.59 Å². The molecule has 148 valence electrons. The number of carbonyl (C=O) groups excluding carboxylic acids is 2. The Kier molecular flexibility index (Phi) is 5.25. The molecular formula is C19H25N7O2. The Morgan fingerprint density at radius 1 is 1.14 bits per heavy atom. The van der Waals surface area contributed by atoms with E-state index in [1.807, 2.05) is 18.1 Å². The monoisotopic (exact) mass is 383 g/mol. The molecule has 9 nitrogen and oxygen atoms in total. The predicted octanol–water partition coefficient (Wildman–Crippen LogP) is 1.16. The molecule has 2 aliphatic rings. The molecule has 2 saturated heterocycles. The average molecular weight is 383 g/mol. The number of hydrogen-bond donors (Lipinski definition) is 1. The zero-order chi connectivity index (χ0) is 19.5. The Bertz CT molecular complexity index is 830. The fourth-order valence-electron chi connectivity index (χ4n) is 3.87. The van der Waals surface area contributed by atoms with Crippen molar-refractivity contribution in [1.82, 2.24) is 24.6 Å². The van der Waals surface area contributed by atoms with Crippen molar-refractivity contribution in [3.63, 3.8) is 0 Å². The number of carbonyl (C=O) groups is 2. The van der Waals surface area contributed by atoms with Gasteiger partial charge in [0.2, 0.25) is 5.91 Å². The second-order valence-corrected chi connectivity index (χ2v) is 7.21. The number of anilines is 2. The second kappa shape index (κ2) is 7.97. The standard InChI is InChI=1S/C19H25N7O2/c1-23-14-16(13-21-23)26-8-2-3-17(18(26)27)24-9-11-25(12-10-24)19(28)22-15-4-6-20-7-5-15/h4-7,13-14,17H,2-3,8-12H2,1H3,(H,20,22,28)/t17-/m0/s1. The van der Waals surface area contributed by atoms with Gasteiger partial charge in [-0.1, -0.05) is 0 Å². The van der Waals surface area contributed by atoms with Crippen molar-refractivity contribution in [2.75, 3.05) is 42.9 Å². The third-order valence-electron chi connectivity index (χ3n) is 5.39. The molecule has 2 aromatic rings. The van der Waals surface area contributed by atoms with Crippen molar-refractivity contribution in [3.05, 3.63) is 36.9 Å². The van der Waals surface area contributed by atoms with Crippen molar-refractivity contribution in [1.29, 1.82) is 0 Å². The molecular weight excluding hydrogens is 358 g/mol. The Morgan fingerprint density at radius 2 is 1.89 bits per heavy atom. The van der Waals surface area contributed by atoms with Gasteiger partial charge in [0.15, 0.2) is 0 Å². The van der Waals surface area contributed by atoms with Crippen LogP contribution in [0.2, 0.25) is 0 Å². The minimum Gasteiger partial charge on any atom is -0.322 e. The molecule has 4 heterocycles. The van der Waals surface area contributed by atoms with Crippen LogP contribution in [0.15, 0.2) is 36.9 Å². The molecule has 0 bridgehead atoms. The molecule has 0 unspecified atom stereocenters. The first-order valence-corrected chi connectivity index (χ1v) is 9.62. The van der Waals surface area contributed by atoms with E-state index in [1.165, 1.54) is 0 Å². The van der Waals surface area contributed by atoms with E-state index in [0.717, 1.165) is 30.8 Å². The summed E-state index contributed by atoms with van der Waals surface area (Å²) >= 11 is 0. The maximum absolute atomic E-state index is 13.0. The van der Waals surface area contributed by atoms with Crippen LogP contribution in [0.5, 0.6) is 0 Å². The number of rotatable bonds is 3. The van der Waals surface area contributed by atoms with E-state index in [0.29, 0.717) is 26.2 Å². The molecule has 0 radical (unpaired) electrons. The van der Waals surface area contributed by atoms with Gasteiger partial charge in [-0.2, -0.15) is 5.10 Å². The van der Waals surface area contributed by atoms with Gasteiger partial charge < -0.3 is 15.1 Å². The lowest BCUT2D eigenvalue weighted by atomic mass is 10.0. The van der Waals surface area contributed by atoms with Crippen molar-refractivity contribution in [2.45, 2.75) is 18.9 Å². The van der Waals surface area contributed by atoms with Gasteiger partial charge in [-0.25, -0.2) is 4.79 Å². The van der Waals surface area contributed by atoms with Crippen LogP contribution in [0.25, 0.3) is 0 Å². The Labute approximate surface area is 163 Å². The molecule has 0 aliphatic carbocycles. The average Bonchev–Trinajstić information content (AvgIpc) is 3.15. The van der Waals surface area contributed by atoms with Crippen molar-refractivity contribution in [3.8, 4) is 0 Å². The van der Waals surface area contributed by atoms with Gasteiger partial charge in [-0.3, -0.25) is 19.4 Å². The molecule has 2 aliphatic heterocycles. The zero-order valence-electron chi connectivity index (χ0n) is 16.0. The molecule has 3 amide bonds. The molecule has 4 rings (SSSR count). The van der Waals surface area contributed by atoms with Crippen molar-refractivity contribution in [2.24, 2.45) is 7.05 Å². The normalized spacial score (nSPS) is 21.0. The summed E-state index contributed by atoms with van der Waals surface area (Å²) in [6.45, 7) is 3.33. The van der Waals surface area contributed by atoms with Crippen LogP contribution in [0, 0.1) is 0 Å². The van der Waals surface area contributed by atoms with E-state index in [4.69, 9.17) is 0 Å². The van der Waals surface area contributed by atoms with Crippen LogP contribution in [-0.2, 0) is 11.8 Å². The molecule has 1 atom stereocenters. The quantitative estimate of drug-likeness (QED) is 0.860. The van der Waals surface area contributed by atoms with Gasteiger partial charge in [-0.15, -0.1) is 0 Å². The number of piperidine rings is 1. The van der Waals surface area contributed by atoms with E-state index in [1.54, 1.807) is 40.3 Å².